The van der Waals surface area contributed by atoms with Crippen molar-refractivity contribution < 1.29 is 0 Å². The van der Waals surface area contributed by atoms with Crippen LogP contribution in [0.4, 0.5) is 0 Å². The highest BCUT2D eigenvalue weighted by atomic mass is 28.3. The van der Waals surface area contributed by atoms with Gasteiger partial charge < -0.3 is 0 Å². The molecule has 0 bridgehead atoms. The highest BCUT2D eigenvalue weighted by Gasteiger charge is 2.63. The van der Waals surface area contributed by atoms with E-state index >= 15 is 0 Å². The van der Waals surface area contributed by atoms with E-state index in [-0.39, 0.29) is 0 Å². The van der Waals surface area contributed by atoms with Crippen molar-refractivity contribution in [3.63, 3.8) is 0 Å². The normalized spacial score (nSPS) is 52.2. The fourth-order valence-electron chi connectivity index (χ4n) is 7.78. The van der Waals surface area contributed by atoms with E-state index in [1.807, 2.05) is 0 Å². The number of hydrogen-bond donors (Lipinski definition) is 0. The van der Waals surface area contributed by atoms with Crippen molar-refractivity contribution in [2.75, 3.05) is 0 Å². The topological polar surface area (TPSA) is 0 Å². The zero-order chi connectivity index (χ0) is 16.3. The van der Waals surface area contributed by atoms with Crippen LogP contribution in [0.15, 0.2) is 0 Å². The monoisotopic (exact) mass is 320 g/mol. The van der Waals surface area contributed by atoms with Crippen molar-refractivity contribution in [2.24, 2.45) is 40.9 Å². The van der Waals surface area contributed by atoms with Gasteiger partial charge >= 0.3 is 0 Å². The highest BCUT2D eigenvalue weighted by molar-refractivity contribution is 6.77. The Morgan fingerprint density at radius 3 is 2.23 bits per heavy atom. The molecular weight excluding hydrogens is 280 g/mol. The van der Waals surface area contributed by atoms with E-state index in [0.29, 0.717) is 5.41 Å². The lowest BCUT2D eigenvalue weighted by Crippen LogP contribution is -2.49. The Morgan fingerprint density at radius 1 is 1.00 bits per heavy atom. The third-order valence-corrected chi connectivity index (χ3v) is 11.8. The summed E-state index contributed by atoms with van der Waals surface area (Å²) in [5, 5.41) is 0. The SMILES string of the molecule is CCC1C(C)[C@]2(C)C(C)C3CCCCC3CC2[C@@H]1[Si](C)(C)C. The molecule has 128 valence electrons. The second kappa shape index (κ2) is 5.64. The Labute approximate surface area is 140 Å². The molecular formula is C21H40Si. The molecule has 0 aliphatic heterocycles. The molecule has 3 rings (SSSR count). The van der Waals surface area contributed by atoms with Gasteiger partial charge in [0.1, 0.15) is 0 Å². The van der Waals surface area contributed by atoms with Crippen LogP contribution in [0.5, 0.6) is 0 Å². The smallest absolute Gasteiger partial charge is 0.0479 e. The minimum atomic E-state index is -1.09. The zero-order valence-electron chi connectivity index (χ0n) is 16.3. The summed E-state index contributed by atoms with van der Waals surface area (Å²) < 4.78 is 0. The Morgan fingerprint density at radius 2 is 1.64 bits per heavy atom. The van der Waals surface area contributed by atoms with Gasteiger partial charge in [-0.25, -0.2) is 0 Å². The van der Waals surface area contributed by atoms with Gasteiger partial charge in [-0.15, -0.1) is 0 Å². The summed E-state index contributed by atoms with van der Waals surface area (Å²) in [6.45, 7) is 18.5. The average Bonchev–Trinajstić information content (AvgIpc) is 2.69. The van der Waals surface area contributed by atoms with Crippen LogP contribution < -0.4 is 0 Å². The molecule has 0 aromatic rings. The standard InChI is InChI=1S/C21H40Si/c1-8-17-14(2)21(4)15(3)18-12-10-9-11-16(18)13-19(21)20(17)22(5,6)7/h14-20H,8-13H2,1-7H3/t14?,15?,16?,17?,18?,19?,20-,21-/m1/s1. The van der Waals surface area contributed by atoms with Gasteiger partial charge in [-0.2, -0.15) is 0 Å². The van der Waals surface area contributed by atoms with Gasteiger partial charge in [-0.3, -0.25) is 0 Å². The van der Waals surface area contributed by atoms with Crippen molar-refractivity contribution in [3.05, 3.63) is 0 Å². The van der Waals surface area contributed by atoms with Gasteiger partial charge in [0, 0.05) is 8.07 Å². The van der Waals surface area contributed by atoms with E-state index in [4.69, 9.17) is 0 Å². The van der Waals surface area contributed by atoms with E-state index in [0.717, 1.165) is 41.0 Å². The van der Waals surface area contributed by atoms with E-state index in [9.17, 15) is 0 Å². The van der Waals surface area contributed by atoms with Gasteiger partial charge in [0.2, 0.25) is 0 Å². The summed E-state index contributed by atoms with van der Waals surface area (Å²) in [4.78, 5) is 0. The first-order valence-corrected chi connectivity index (χ1v) is 13.8. The van der Waals surface area contributed by atoms with Crippen LogP contribution in [0.2, 0.25) is 25.2 Å². The van der Waals surface area contributed by atoms with Crippen LogP contribution in [0.25, 0.3) is 0 Å². The van der Waals surface area contributed by atoms with Gasteiger partial charge in [0.25, 0.3) is 0 Å². The molecule has 3 aliphatic carbocycles. The van der Waals surface area contributed by atoms with Crippen molar-refractivity contribution >= 4 is 8.07 Å². The largest absolute Gasteiger partial charge is 0.0693 e. The average molecular weight is 321 g/mol. The molecule has 0 aromatic carbocycles. The summed E-state index contributed by atoms with van der Waals surface area (Å²) in [5.41, 5.74) is 1.70. The van der Waals surface area contributed by atoms with E-state index in [1.165, 1.54) is 25.7 Å². The molecule has 0 N–H and O–H groups in total. The second-order valence-electron chi connectivity index (χ2n) is 10.5. The van der Waals surface area contributed by atoms with Gasteiger partial charge in [-0.1, -0.05) is 73.0 Å². The maximum absolute atomic E-state index is 2.72. The Kier molecular flexibility index (Phi) is 4.37. The van der Waals surface area contributed by atoms with Crippen LogP contribution in [0, 0.1) is 40.9 Å². The number of fused-ring (bicyclic) bond motifs is 2. The van der Waals surface area contributed by atoms with Crippen LogP contribution in [-0.4, -0.2) is 8.07 Å². The molecule has 0 nitrogen and oxygen atoms in total. The predicted octanol–water partition coefficient (Wildman–Crippen LogP) is 6.84. The number of rotatable bonds is 2. The van der Waals surface area contributed by atoms with Crippen LogP contribution in [0.3, 0.4) is 0 Å². The molecule has 0 heterocycles. The van der Waals surface area contributed by atoms with E-state index in [2.05, 4.69) is 47.3 Å². The zero-order valence-corrected chi connectivity index (χ0v) is 17.3. The lowest BCUT2D eigenvalue weighted by molar-refractivity contribution is -0.0534. The van der Waals surface area contributed by atoms with Crippen LogP contribution in [-0.2, 0) is 0 Å². The minimum absolute atomic E-state index is 0.629. The fraction of sp³-hybridized carbons (Fsp3) is 1.00. The summed E-state index contributed by atoms with van der Waals surface area (Å²) in [6.07, 6.45) is 9.11. The van der Waals surface area contributed by atoms with Gasteiger partial charge in [-0.05, 0) is 59.3 Å². The third-order valence-electron chi connectivity index (χ3n) is 8.94. The van der Waals surface area contributed by atoms with E-state index in [1.54, 1.807) is 12.8 Å². The van der Waals surface area contributed by atoms with Gasteiger partial charge in [0.15, 0.2) is 0 Å². The summed E-state index contributed by atoms with van der Waals surface area (Å²) >= 11 is 0. The molecule has 0 saturated heterocycles. The maximum atomic E-state index is 2.72. The molecule has 3 aliphatic rings. The molecule has 6 unspecified atom stereocenters. The predicted molar refractivity (Wildman–Crippen MR) is 101 cm³/mol. The quantitative estimate of drug-likeness (QED) is 0.489. The molecule has 0 radical (unpaired) electrons. The first kappa shape index (κ1) is 17.1. The van der Waals surface area contributed by atoms with Crippen LogP contribution in [0.1, 0.15) is 66.2 Å². The summed E-state index contributed by atoms with van der Waals surface area (Å²) in [5.74, 6) is 6.07. The Balaban J connectivity index is 2.01. The van der Waals surface area contributed by atoms with Crippen LogP contribution >= 0.6 is 0 Å². The first-order valence-electron chi connectivity index (χ1n) is 10.2. The highest BCUT2D eigenvalue weighted by Crippen LogP contribution is 2.70. The van der Waals surface area contributed by atoms with Crippen molar-refractivity contribution in [2.45, 2.75) is 91.4 Å². The van der Waals surface area contributed by atoms with E-state index < -0.39 is 8.07 Å². The lowest BCUT2D eigenvalue weighted by Gasteiger charge is -2.55. The molecule has 22 heavy (non-hydrogen) atoms. The lowest BCUT2D eigenvalue weighted by atomic mass is 9.51. The summed E-state index contributed by atoms with van der Waals surface area (Å²) in [6, 6.07) is 0. The second-order valence-corrected chi connectivity index (χ2v) is 15.9. The first-order chi connectivity index (χ1) is 10.2. The molecule has 0 aromatic heterocycles. The van der Waals surface area contributed by atoms with Crippen molar-refractivity contribution in [3.8, 4) is 0 Å². The third kappa shape index (κ3) is 2.28. The number of hydrogen-bond acceptors (Lipinski definition) is 0. The molecule has 3 fully saturated rings. The molecule has 0 amide bonds. The fourth-order valence-corrected chi connectivity index (χ4v) is 11.3. The molecule has 3 saturated carbocycles. The van der Waals surface area contributed by atoms with Crippen molar-refractivity contribution in [1.82, 2.24) is 0 Å². The Hall–Kier alpha value is 0.217. The molecule has 8 atom stereocenters. The molecule has 0 spiro atoms. The minimum Gasteiger partial charge on any atom is -0.0693 e. The Bertz CT molecular complexity index is 409. The van der Waals surface area contributed by atoms with Crippen molar-refractivity contribution in [1.29, 1.82) is 0 Å². The maximum Gasteiger partial charge on any atom is 0.0479 e. The van der Waals surface area contributed by atoms with Gasteiger partial charge in [0.05, 0.1) is 0 Å². The summed E-state index contributed by atoms with van der Waals surface area (Å²) in [7, 11) is -1.09. The molecule has 1 heteroatoms.